The van der Waals surface area contributed by atoms with E-state index in [2.05, 4.69) is 10.5 Å². The lowest BCUT2D eigenvalue weighted by molar-refractivity contribution is -0.383. The average molecular weight is 286 g/mol. The van der Waals surface area contributed by atoms with Gasteiger partial charge < -0.3 is 4.74 Å². The fourth-order valence-electron chi connectivity index (χ4n) is 1.18. The van der Waals surface area contributed by atoms with Crippen molar-refractivity contribution in [3.05, 3.63) is 33.3 Å². The van der Waals surface area contributed by atoms with Crippen LogP contribution in [0, 0.1) is 10.1 Å². The highest BCUT2D eigenvalue weighted by molar-refractivity contribution is 6.35. The molecule has 0 aliphatic carbocycles. The van der Waals surface area contributed by atoms with E-state index in [-0.39, 0.29) is 28.7 Å². The highest BCUT2D eigenvalue weighted by Crippen LogP contribution is 2.27. The molecular weight excluding hydrogens is 274 g/mol. The number of carbonyl (C=O) groups is 1. The van der Waals surface area contributed by atoms with Crippen LogP contribution in [0.25, 0.3) is 0 Å². The maximum Gasteiger partial charge on any atom is 0.354 e. The van der Waals surface area contributed by atoms with Gasteiger partial charge in [0.05, 0.1) is 11.5 Å². The highest BCUT2D eigenvalue weighted by atomic mass is 35.5. The van der Waals surface area contributed by atoms with E-state index in [0.29, 0.717) is 0 Å². The molecule has 7 nitrogen and oxygen atoms in total. The Hall–Kier alpha value is -2.15. The molecule has 0 saturated heterocycles. The van der Waals surface area contributed by atoms with Gasteiger partial charge in [0.25, 0.3) is 5.69 Å². The number of rotatable bonds is 5. The molecule has 0 fully saturated rings. The second kappa shape index (κ2) is 6.69. The Morgan fingerprint density at radius 3 is 2.84 bits per heavy atom. The van der Waals surface area contributed by atoms with Gasteiger partial charge in [-0.3, -0.25) is 15.5 Å². The van der Waals surface area contributed by atoms with Gasteiger partial charge in [-0.25, -0.2) is 4.79 Å². The molecule has 8 heteroatoms. The molecule has 1 aromatic carbocycles. The third-order valence-corrected chi connectivity index (χ3v) is 2.31. The topological polar surface area (TPSA) is 93.8 Å². The summed E-state index contributed by atoms with van der Waals surface area (Å²) in [6.45, 7) is 3.34. The number of hydrazone groups is 1. The summed E-state index contributed by atoms with van der Waals surface area (Å²) in [4.78, 5) is 21.5. The Morgan fingerprint density at radius 1 is 1.58 bits per heavy atom. The number of nitro benzene ring substituents is 1. The van der Waals surface area contributed by atoms with E-state index >= 15 is 0 Å². The van der Waals surface area contributed by atoms with Gasteiger partial charge in [0.1, 0.15) is 11.4 Å². The first-order valence-corrected chi connectivity index (χ1v) is 5.74. The average Bonchev–Trinajstić information content (AvgIpc) is 2.36. The molecule has 0 aliphatic rings. The second-order valence-electron chi connectivity index (χ2n) is 3.45. The van der Waals surface area contributed by atoms with Crippen molar-refractivity contribution in [3.63, 3.8) is 0 Å². The Balaban J connectivity index is 2.91. The smallest absolute Gasteiger partial charge is 0.354 e. The van der Waals surface area contributed by atoms with Crippen molar-refractivity contribution in [1.29, 1.82) is 0 Å². The lowest BCUT2D eigenvalue weighted by Gasteiger charge is -2.04. The molecule has 0 heterocycles. The van der Waals surface area contributed by atoms with Gasteiger partial charge in [-0.15, -0.1) is 0 Å². The van der Waals surface area contributed by atoms with Crippen LogP contribution in [-0.2, 0) is 9.53 Å². The first kappa shape index (κ1) is 14.9. The van der Waals surface area contributed by atoms with Crippen LogP contribution in [0.2, 0.25) is 5.02 Å². The molecule has 0 atom stereocenters. The molecule has 0 saturated carbocycles. The maximum absolute atomic E-state index is 11.3. The summed E-state index contributed by atoms with van der Waals surface area (Å²) in [6, 6.07) is 4.08. The van der Waals surface area contributed by atoms with E-state index in [1.807, 2.05) is 0 Å². The van der Waals surface area contributed by atoms with Gasteiger partial charge in [-0.05, 0) is 26.0 Å². The van der Waals surface area contributed by atoms with E-state index in [1.165, 1.54) is 25.1 Å². The fraction of sp³-hybridized carbons (Fsp3) is 0.273. The largest absolute Gasteiger partial charge is 0.461 e. The standard InChI is InChI=1S/C11H12ClN3O4/c1-3-19-11(16)7(2)13-14-9-5-4-8(12)6-10(9)15(17)18/h4-6,14H,3H2,1-2H3. The third-order valence-electron chi connectivity index (χ3n) is 2.07. The zero-order valence-electron chi connectivity index (χ0n) is 10.3. The van der Waals surface area contributed by atoms with Crippen LogP contribution >= 0.6 is 11.6 Å². The first-order chi connectivity index (χ1) is 8.95. The number of esters is 1. The number of halogens is 1. The minimum atomic E-state index is -0.594. The van der Waals surface area contributed by atoms with Crippen molar-refractivity contribution in [1.82, 2.24) is 0 Å². The fourth-order valence-corrected chi connectivity index (χ4v) is 1.34. The lowest BCUT2D eigenvalue weighted by Crippen LogP contribution is -2.15. The monoisotopic (exact) mass is 285 g/mol. The van der Waals surface area contributed by atoms with Crippen molar-refractivity contribution in [2.45, 2.75) is 13.8 Å². The molecule has 0 unspecified atom stereocenters. The minimum Gasteiger partial charge on any atom is -0.461 e. The summed E-state index contributed by atoms with van der Waals surface area (Å²) in [5, 5.41) is 14.8. The number of hydrogen-bond acceptors (Lipinski definition) is 6. The van der Waals surface area contributed by atoms with Crippen molar-refractivity contribution in [2.75, 3.05) is 12.0 Å². The molecule has 1 aromatic rings. The van der Waals surface area contributed by atoms with Crippen LogP contribution in [0.15, 0.2) is 23.3 Å². The van der Waals surface area contributed by atoms with Gasteiger partial charge in [0.15, 0.2) is 0 Å². The molecule has 0 spiro atoms. The zero-order chi connectivity index (χ0) is 14.4. The predicted octanol–water partition coefficient (Wildman–Crippen LogP) is 2.60. The maximum atomic E-state index is 11.3. The van der Waals surface area contributed by atoms with E-state index < -0.39 is 10.9 Å². The first-order valence-electron chi connectivity index (χ1n) is 5.37. The normalized spacial score (nSPS) is 11.0. The third kappa shape index (κ3) is 4.22. The Kier molecular flexibility index (Phi) is 5.25. The van der Waals surface area contributed by atoms with E-state index in [4.69, 9.17) is 16.3 Å². The Morgan fingerprint density at radius 2 is 2.26 bits per heavy atom. The number of nitro groups is 1. The van der Waals surface area contributed by atoms with Crippen LogP contribution < -0.4 is 5.43 Å². The summed E-state index contributed by atoms with van der Waals surface area (Å²) < 4.78 is 4.72. The molecule has 1 N–H and O–H groups in total. The SMILES string of the molecule is CCOC(=O)C(C)=NNc1ccc(Cl)cc1[N+](=O)[O-]. The van der Waals surface area contributed by atoms with Crippen LogP contribution in [0.5, 0.6) is 0 Å². The van der Waals surface area contributed by atoms with Crippen molar-refractivity contribution in [2.24, 2.45) is 5.10 Å². The molecular formula is C11H12ClN3O4. The van der Waals surface area contributed by atoms with Gasteiger partial charge in [-0.1, -0.05) is 11.6 Å². The molecule has 19 heavy (non-hydrogen) atoms. The molecule has 0 aliphatic heterocycles. The lowest BCUT2D eigenvalue weighted by atomic mass is 10.3. The summed E-state index contributed by atoms with van der Waals surface area (Å²) in [5.41, 5.74) is 2.42. The van der Waals surface area contributed by atoms with Gasteiger partial charge in [-0.2, -0.15) is 5.10 Å². The van der Waals surface area contributed by atoms with E-state index in [0.717, 1.165) is 0 Å². The number of hydrogen-bond donors (Lipinski definition) is 1. The quantitative estimate of drug-likeness (QED) is 0.388. The van der Waals surface area contributed by atoms with Crippen LogP contribution in [0.1, 0.15) is 13.8 Å². The van der Waals surface area contributed by atoms with Gasteiger partial charge in [0.2, 0.25) is 0 Å². The Labute approximate surface area is 114 Å². The number of carbonyl (C=O) groups excluding carboxylic acids is 1. The molecule has 102 valence electrons. The van der Waals surface area contributed by atoms with Crippen LogP contribution in [0.3, 0.4) is 0 Å². The van der Waals surface area contributed by atoms with E-state index in [1.54, 1.807) is 6.92 Å². The number of benzene rings is 1. The highest BCUT2D eigenvalue weighted by Gasteiger charge is 2.14. The van der Waals surface area contributed by atoms with Crippen molar-refractivity contribution in [3.8, 4) is 0 Å². The predicted molar refractivity (Wildman–Crippen MR) is 71.5 cm³/mol. The summed E-state index contributed by atoms with van der Waals surface area (Å²) in [7, 11) is 0. The summed E-state index contributed by atoms with van der Waals surface area (Å²) in [5.74, 6) is -0.591. The second-order valence-corrected chi connectivity index (χ2v) is 3.88. The molecule has 0 amide bonds. The molecule has 1 rings (SSSR count). The number of nitrogens with zero attached hydrogens (tertiary/aromatic N) is 2. The molecule has 0 aromatic heterocycles. The minimum absolute atomic E-state index is 0.0612. The summed E-state index contributed by atoms with van der Waals surface area (Å²) >= 11 is 5.67. The summed E-state index contributed by atoms with van der Waals surface area (Å²) in [6.07, 6.45) is 0. The molecule has 0 bridgehead atoms. The molecule has 0 radical (unpaired) electrons. The number of ether oxygens (including phenoxy) is 1. The van der Waals surface area contributed by atoms with Gasteiger partial charge >= 0.3 is 5.97 Å². The Bertz CT molecular complexity index is 531. The van der Waals surface area contributed by atoms with E-state index in [9.17, 15) is 14.9 Å². The van der Waals surface area contributed by atoms with Crippen LogP contribution in [0.4, 0.5) is 11.4 Å². The van der Waals surface area contributed by atoms with Gasteiger partial charge in [0, 0.05) is 11.1 Å². The van der Waals surface area contributed by atoms with Crippen molar-refractivity contribution >= 4 is 34.7 Å². The van der Waals surface area contributed by atoms with Crippen LogP contribution in [-0.4, -0.2) is 23.2 Å². The zero-order valence-corrected chi connectivity index (χ0v) is 11.1. The van der Waals surface area contributed by atoms with Crippen molar-refractivity contribution < 1.29 is 14.5 Å². The number of anilines is 1. The number of nitrogens with one attached hydrogen (secondary N) is 1.